The van der Waals surface area contributed by atoms with Gasteiger partial charge in [0.15, 0.2) is 11.5 Å². The van der Waals surface area contributed by atoms with Crippen molar-refractivity contribution in [2.45, 2.75) is 26.9 Å². The van der Waals surface area contributed by atoms with Crippen molar-refractivity contribution in [2.24, 2.45) is 0 Å². The molecule has 0 bridgehead atoms. The van der Waals surface area contributed by atoms with Crippen molar-refractivity contribution >= 4 is 27.5 Å². The molecule has 152 valence electrons. The summed E-state index contributed by atoms with van der Waals surface area (Å²) in [4.78, 5) is 40.4. The Hall–Kier alpha value is -3.07. The molecule has 0 fully saturated rings. The lowest BCUT2D eigenvalue weighted by atomic mass is 10.2. The molecule has 0 N–H and O–H groups in total. The molecular formula is C20H21N3O5S. The smallest absolute Gasteiger partial charge is 0.332 e. The van der Waals surface area contributed by atoms with E-state index >= 15 is 0 Å². The molecule has 0 spiro atoms. The molecule has 8 nitrogen and oxygen atoms in total. The molecule has 3 aromatic rings. The minimum atomic E-state index is -0.501. The highest BCUT2D eigenvalue weighted by Gasteiger charge is 2.20. The van der Waals surface area contributed by atoms with E-state index in [0.717, 1.165) is 5.56 Å². The first kappa shape index (κ1) is 19.3. The zero-order chi connectivity index (χ0) is 20.5. The molecule has 2 aromatic heterocycles. The summed E-state index contributed by atoms with van der Waals surface area (Å²) in [6.07, 6.45) is 0. The SMILES string of the molecule is CCN(CC)C(=O)Cn1c(=O)n(Cc2ccc3c(c2)OCO3)c(=O)c2sccc21. The molecule has 4 rings (SSSR count). The third kappa shape index (κ3) is 3.42. The third-order valence-corrected chi connectivity index (χ3v) is 5.92. The second-order valence-corrected chi connectivity index (χ2v) is 7.56. The van der Waals surface area contributed by atoms with Crippen LogP contribution in [0.25, 0.3) is 10.2 Å². The van der Waals surface area contributed by atoms with Gasteiger partial charge in [-0.05, 0) is 43.0 Å². The maximum atomic E-state index is 13.2. The van der Waals surface area contributed by atoms with Gasteiger partial charge in [0.1, 0.15) is 11.2 Å². The van der Waals surface area contributed by atoms with Gasteiger partial charge in [-0.1, -0.05) is 6.07 Å². The van der Waals surface area contributed by atoms with Crippen LogP contribution in [0.1, 0.15) is 19.4 Å². The predicted molar refractivity (Wildman–Crippen MR) is 110 cm³/mol. The Kier molecular flexibility index (Phi) is 5.14. The van der Waals surface area contributed by atoms with Crippen molar-refractivity contribution in [1.82, 2.24) is 14.0 Å². The summed E-state index contributed by atoms with van der Waals surface area (Å²) < 4.78 is 13.7. The standard InChI is InChI=1S/C20H21N3O5S/c1-3-21(4-2)17(24)11-22-14-7-8-29-18(14)19(25)23(20(22)26)10-13-5-6-15-16(9-13)28-12-27-15/h5-9H,3-4,10-12H2,1-2H3. The molecule has 29 heavy (non-hydrogen) atoms. The zero-order valence-corrected chi connectivity index (χ0v) is 17.0. The molecule has 9 heteroatoms. The maximum Gasteiger partial charge on any atom is 0.332 e. The number of ether oxygens (including phenoxy) is 2. The molecule has 0 saturated carbocycles. The second kappa shape index (κ2) is 7.75. The highest BCUT2D eigenvalue weighted by molar-refractivity contribution is 7.17. The van der Waals surface area contributed by atoms with Crippen LogP contribution in [0.15, 0.2) is 39.2 Å². The molecule has 1 amide bonds. The summed E-state index contributed by atoms with van der Waals surface area (Å²) in [5.41, 5.74) is 0.377. The van der Waals surface area contributed by atoms with Gasteiger partial charge in [-0.2, -0.15) is 0 Å². The average Bonchev–Trinajstić information content (AvgIpc) is 3.38. The van der Waals surface area contributed by atoms with Crippen LogP contribution < -0.4 is 20.7 Å². The van der Waals surface area contributed by atoms with E-state index in [1.54, 1.807) is 34.5 Å². The van der Waals surface area contributed by atoms with Gasteiger partial charge >= 0.3 is 5.69 Å². The molecule has 0 unspecified atom stereocenters. The Bertz CT molecular complexity index is 1190. The van der Waals surface area contributed by atoms with Crippen LogP contribution in [0.5, 0.6) is 11.5 Å². The first-order valence-electron chi connectivity index (χ1n) is 9.40. The van der Waals surface area contributed by atoms with Crippen LogP contribution in [0, 0.1) is 0 Å². The number of rotatable bonds is 6. The fraction of sp³-hybridized carbons (Fsp3) is 0.350. The number of fused-ring (bicyclic) bond motifs is 2. The number of benzene rings is 1. The summed E-state index contributed by atoms with van der Waals surface area (Å²) in [5, 5.41) is 1.76. The van der Waals surface area contributed by atoms with Gasteiger partial charge in [0.2, 0.25) is 12.7 Å². The van der Waals surface area contributed by atoms with Crippen LogP contribution >= 0.6 is 11.3 Å². The predicted octanol–water partition coefficient (Wildman–Crippen LogP) is 1.87. The Labute approximate surface area is 170 Å². The van der Waals surface area contributed by atoms with Gasteiger partial charge in [-0.3, -0.25) is 18.7 Å². The normalized spacial score (nSPS) is 12.5. The van der Waals surface area contributed by atoms with Crippen LogP contribution in [0.3, 0.4) is 0 Å². The summed E-state index contributed by atoms with van der Waals surface area (Å²) in [6, 6.07) is 7.03. The highest BCUT2D eigenvalue weighted by Crippen LogP contribution is 2.32. The summed E-state index contributed by atoms with van der Waals surface area (Å²) in [5.74, 6) is 1.07. The van der Waals surface area contributed by atoms with Gasteiger partial charge in [0.25, 0.3) is 5.56 Å². The van der Waals surface area contributed by atoms with Crippen LogP contribution in [-0.2, 0) is 17.9 Å². The lowest BCUT2D eigenvalue weighted by Gasteiger charge is -2.20. The number of nitrogens with zero attached hydrogens (tertiary/aromatic N) is 3. The molecule has 1 aliphatic rings. The molecule has 0 radical (unpaired) electrons. The molecular weight excluding hydrogens is 394 g/mol. The zero-order valence-electron chi connectivity index (χ0n) is 16.2. The molecule has 1 aliphatic heterocycles. The number of hydrogen-bond donors (Lipinski definition) is 0. The van der Waals surface area contributed by atoms with E-state index in [2.05, 4.69) is 0 Å². The first-order valence-corrected chi connectivity index (χ1v) is 10.3. The lowest BCUT2D eigenvalue weighted by molar-refractivity contribution is -0.131. The summed E-state index contributed by atoms with van der Waals surface area (Å²) in [7, 11) is 0. The van der Waals surface area contributed by atoms with Gasteiger partial charge < -0.3 is 14.4 Å². The van der Waals surface area contributed by atoms with Crippen molar-refractivity contribution in [1.29, 1.82) is 0 Å². The summed E-state index contributed by atoms with van der Waals surface area (Å²) in [6.45, 7) is 5.05. The third-order valence-electron chi connectivity index (χ3n) is 5.02. The Morgan fingerprint density at radius 1 is 1.10 bits per heavy atom. The van der Waals surface area contributed by atoms with E-state index in [1.165, 1.54) is 20.5 Å². The minimum absolute atomic E-state index is 0.0849. The van der Waals surface area contributed by atoms with Crippen molar-refractivity contribution in [3.05, 3.63) is 56.0 Å². The van der Waals surface area contributed by atoms with Crippen molar-refractivity contribution in [3.63, 3.8) is 0 Å². The fourth-order valence-electron chi connectivity index (χ4n) is 3.46. The van der Waals surface area contributed by atoms with E-state index in [1.807, 2.05) is 13.8 Å². The highest BCUT2D eigenvalue weighted by atomic mass is 32.1. The first-order chi connectivity index (χ1) is 14.0. The Balaban J connectivity index is 1.77. The number of likely N-dealkylation sites (N-methyl/N-ethyl adjacent to an activating group) is 1. The fourth-order valence-corrected chi connectivity index (χ4v) is 4.30. The van der Waals surface area contributed by atoms with Crippen molar-refractivity contribution in [3.8, 4) is 11.5 Å². The number of carbonyl (C=O) groups is 1. The minimum Gasteiger partial charge on any atom is -0.454 e. The van der Waals surface area contributed by atoms with E-state index < -0.39 is 5.69 Å². The second-order valence-electron chi connectivity index (χ2n) is 6.65. The maximum absolute atomic E-state index is 13.2. The van der Waals surface area contributed by atoms with Crippen LogP contribution in [0.2, 0.25) is 0 Å². The van der Waals surface area contributed by atoms with Gasteiger partial charge in [0, 0.05) is 13.1 Å². The number of amides is 1. The van der Waals surface area contributed by atoms with Crippen molar-refractivity contribution < 1.29 is 14.3 Å². The van der Waals surface area contributed by atoms with Gasteiger partial charge in [-0.25, -0.2) is 4.79 Å². The van der Waals surface area contributed by atoms with E-state index in [0.29, 0.717) is 34.8 Å². The number of aromatic nitrogens is 2. The Morgan fingerprint density at radius 2 is 1.86 bits per heavy atom. The number of hydrogen-bond acceptors (Lipinski definition) is 6. The van der Waals surface area contributed by atoms with E-state index in [-0.39, 0.29) is 31.3 Å². The van der Waals surface area contributed by atoms with Gasteiger partial charge in [0.05, 0.1) is 12.1 Å². The van der Waals surface area contributed by atoms with Crippen LogP contribution in [0.4, 0.5) is 0 Å². The van der Waals surface area contributed by atoms with Gasteiger partial charge in [-0.15, -0.1) is 11.3 Å². The lowest BCUT2D eigenvalue weighted by Crippen LogP contribution is -2.43. The van der Waals surface area contributed by atoms with Crippen LogP contribution in [-0.4, -0.2) is 39.8 Å². The molecule has 0 aliphatic carbocycles. The molecule has 0 atom stereocenters. The van der Waals surface area contributed by atoms with Crippen molar-refractivity contribution in [2.75, 3.05) is 19.9 Å². The largest absolute Gasteiger partial charge is 0.454 e. The molecule has 0 saturated heterocycles. The molecule has 3 heterocycles. The van der Waals surface area contributed by atoms with E-state index in [4.69, 9.17) is 9.47 Å². The molecule has 1 aromatic carbocycles. The quantitative estimate of drug-likeness (QED) is 0.614. The number of carbonyl (C=O) groups excluding carboxylic acids is 1. The average molecular weight is 415 g/mol. The number of thiophene rings is 1. The van der Waals surface area contributed by atoms with E-state index in [9.17, 15) is 14.4 Å². The Morgan fingerprint density at radius 3 is 2.62 bits per heavy atom. The monoisotopic (exact) mass is 415 g/mol. The topological polar surface area (TPSA) is 82.8 Å². The summed E-state index contributed by atoms with van der Waals surface area (Å²) >= 11 is 1.27.